The fourth-order valence-electron chi connectivity index (χ4n) is 2.46. The maximum Gasteiger partial charge on any atom is 0.175 e. The fraction of sp³-hybridized carbons (Fsp3) is 0.471. The standard InChI is InChI=1S/C17H24N2O2/c1-3-4-5-6-7-8-15-16(17(18)19-21-15)13-9-11-14(20-2)12-10-13/h9-12H,3-8H2,1-2H3,(H2,18,19). The number of aromatic nitrogens is 1. The molecule has 0 radical (unpaired) electrons. The Morgan fingerprint density at radius 1 is 1.10 bits per heavy atom. The van der Waals surface area contributed by atoms with Gasteiger partial charge in [0.15, 0.2) is 5.82 Å². The molecule has 0 saturated carbocycles. The van der Waals surface area contributed by atoms with E-state index in [9.17, 15) is 0 Å². The lowest BCUT2D eigenvalue weighted by molar-refractivity contribution is 0.381. The number of aryl methyl sites for hydroxylation is 1. The van der Waals surface area contributed by atoms with Gasteiger partial charge in [0.05, 0.1) is 12.7 Å². The molecule has 1 aromatic heterocycles. The Morgan fingerprint density at radius 2 is 1.81 bits per heavy atom. The lowest BCUT2D eigenvalue weighted by Gasteiger charge is -2.04. The van der Waals surface area contributed by atoms with Gasteiger partial charge in [0, 0.05) is 6.42 Å². The van der Waals surface area contributed by atoms with Crippen LogP contribution in [0.15, 0.2) is 28.8 Å². The highest BCUT2D eigenvalue weighted by Crippen LogP contribution is 2.31. The smallest absolute Gasteiger partial charge is 0.175 e. The predicted octanol–water partition coefficient (Wildman–Crippen LogP) is 4.45. The number of ether oxygens (including phenoxy) is 1. The highest BCUT2D eigenvalue weighted by atomic mass is 16.5. The van der Waals surface area contributed by atoms with E-state index in [4.69, 9.17) is 15.0 Å². The molecule has 0 spiro atoms. The largest absolute Gasteiger partial charge is 0.497 e. The van der Waals surface area contributed by atoms with Crippen LogP contribution in [0.1, 0.15) is 44.8 Å². The first kappa shape index (κ1) is 15.4. The molecule has 0 unspecified atom stereocenters. The third kappa shape index (κ3) is 4.00. The van der Waals surface area contributed by atoms with Crippen molar-refractivity contribution < 1.29 is 9.26 Å². The van der Waals surface area contributed by atoms with Gasteiger partial charge in [-0.2, -0.15) is 0 Å². The fourth-order valence-corrected chi connectivity index (χ4v) is 2.46. The van der Waals surface area contributed by atoms with Crippen molar-refractivity contribution in [2.45, 2.75) is 45.4 Å². The molecule has 21 heavy (non-hydrogen) atoms. The first-order valence-electron chi connectivity index (χ1n) is 7.64. The van der Waals surface area contributed by atoms with E-state index in [-0.39, 0.29) is 0 Å². The molecular formula is C17H24N2O2. The molecule has 0 aliphatic rings. The Balaban J connectivity index is 2.06. The van der Waals surface area contributed by atoms with Gasteiger partial charge in [-0.15, -0.1) is 0 Å². The predicted molar refractivity (Wildman–Crippen MR) is 85.4 cm³/mol. The van der Waals surface area contributed by atoms with Gasteiger partial charge in [-0.1, -0.05) is 49.9 Å². The summed E-state index contributed by atoms with van der Waals surface area (Å²) < 4.78 is 10.6. The van der Waals surface area contributed by atoms with Crippen LogP contribution in [0, 0.1) is 0 Å². The molecule has 0 amide bonds. The molecular weight excluding hydrogens is 264 g/mol. The highest BCUT2D eigenvalue weighted by Gasteiger charge is 2.15. The van der Waals surface area contributed by atoms with Crippen molar-refractivity contribution in [2.75, 3.05) is 12.8 Å². The van der Waals surface area contributed by atoms with E-state index in [1.807, 2.05) is 24.3 Å². The number of benzene rings is 1. The summed E-state index contributed by atoms with van der Waals surface area (Å²) in [7, 11) is 1.66. The zero-order chi connectivity index (χ0) is 15.1. The molecule has 2 N–H and O–H groups in total. The minimum absolute atomic E-state index is 0.462. The number of hydrogen-bond donors (Lipinski definition) is 1. The molecule has 0 aliphatic carbocycles. The van der Waals surface area contributed by atoms with Crippen molar-refractivity contribution >= 4 is 5.82 Å². The van der Waals surface area contributed by atoms with Crippen molar-refractivity contribution in [3.05, 3.63) is 30.0 Å². The molecule has 0 atom stereocenters. The Bertz CT molecular complexity index is 546. The lowest BCUT2D eigenvalue weighted by atomic mass is 10.0. The van der Waals surface area contributed by atoms with E-state index in [0.29, 0.717) is 5.82 Å². The average Bonchev–Trinajstić information content (AvgIpc) is 2.88. The Labute approximate surface area is 126 Å². The van der Waals surface area contributed by atoms with Crippen LogP contribution in [-0.4, -0.2) is 12.3 Å². The molecule has 2 rings (SSSR count). The Kier molecular flexibility index (Phi) is 5.67. The highest BCUT2D eigenvalue weighted by molar-refractivity contribution is 5.75. The first-order chi connectivity index (χ1) is 10.3. The normalized spacial score (nSPS) is 10.8. The van der Waals surface area contributed by atoms with Gasteiger partial charge in [-0.25, -0.2) is 0 Å². The molecule has 0 saturated heterocycles. The summed E-state index contributed by atoms with van der Waals surface area (Å²) in [5.41, 5.74) is 7.91. The monoisotopic (exact) mass is 288 g/mol. The Morgan fingerprint density at radius 3 is 2.48 bits per heavy atom. The quantitative estimate of drug-likeness (QED) is 0.729. The van der Waals surface area contributed by atoms with E-state index in [0.717, 1.165) is 35.5 Å². The third-order valence-corrected chi connectivity index (χ3v) is 3.68. The van der Waals surface area contributed by atoms with E-state index >= 15 is 0 Å². The molecule has 0 fully saturated rings. The second-order valence-electron chi connectivity index (χ2n) is 5.26. The maximum atomic E-state index is 5.96. The van der Waals surface area contributed by atoms with E-state index in [1.165, 1.54) is 25.7 Å². The minimum Gasteiger partial charge on any atom is -0.497 e. The second-order valence-corrected chi connectivity index (χ2v) is 5.26. The van der Waals surface area contributed by atoms with Crippen LogP contribution in [0.4, 0.5) is 5.82 Å². The zero-order valence-corrected chi connectivity index (χ0v) is 12.9. The summed E-state index contributed by atoms with van der Waals surface area (Å²) in [5.74, 6) is 2.17. The summed E-state index contributed by atoms with van der Waals surface area (Å²) in [6, 6.07) is 7.82. The van der Waals surface area contributed by atoms with E-state index < -0.39 is 0 Å². The average molecular weight is 288 g/mol. The number of anilines is 1. The summed E-state index contributed by atoms with van der Waals surface area (Å²) in [6.45, 7) is 2.22. The number of nitrogens with zero attached hydrogens (tertiary/aromatic N) is 1. The van der Waals surface area contributed by atoms with Crippen molar-refractivity contribution in [1.29, 1.82) is 0 Å². The number of nitrogens with two attached hydrogens (primary N) is 1. The van der Waals surface area contributed by atoms with Crippen molar-refractivity contribution in [1.82, 2.24) is 5.16 Å². The topological polar surface area (TPSA) is 61.3 Å². The SMILES string of the molecule is CCCCCCCc1onc(N)c1-c1ccc(OC)cc1. The molecule has 1 aromatic carbocycles. The minimum atomic E-state index is 0.462. The first-order valence-corrected chi connectivity index (χ1v) is 7.64. The molecule has 4 nitrogen and oxygen atoms in total. The van der Waals surface area contributed by atoms with Crippen LogP contribution in [0.3, 0.4) is 0 Å². The molecule has 0 bridgehead atoms. The molecule has 2 aromatic rings. The summed E-state index contributed by atoms with van der Waals surface area (Å²) >= 11 is 0. The van der Waals surface area contributed by atoms with E-state index in [2.05, 4.69) is 12.1 Å². The number of methoxy groups -OCH3 is 1. The molecule has 114 valence electrons. The molecule has 0 aliphatic heterocycles. The lowest BCUT2D eigenvalue weighted by Crippen LogP contribution is -1.92. The number of hydrogen-bond acceptors (Lipinski definition) is 4. The van der Waals surface area contributed by atoms with Crippen molar-refractivity contribution in [2.24, 2.45) is 0 Å². The molecule has 1 heterocycles. The van der Waals surface area contributed by atoms with Gasteiger partial charge in [0.1, 0.15) is 11.5 Å². The number of rotatable bonds is 8. The van der Waals surface area contributed by atoms with E-state index in [1.54, 1.807) is 7.11 Å². The molecule has 4 heteroatoms. The third-order valence-electron chi connectivity index (χ3n) is 3.68. The van der Waals surface area contributed by atoms with Crippen LogP contribution < -0.4 is 10.5 Å². The summed E-state index contributed by atoms with van der Waals surface area (Å²) in [4.78, 5) is 0. The van der Waals surface area contributed by atoms with Gasteiger partial charge in [0.25, 0.3) is 0 Å². The van der Waals surface area contributed by atoms with Crippen molar-refractivity contribution in [3.8, 4) is 16.9 Å². The Hall–Kier alpha value is -1.97. The maximum absolute atomic E-state index is 5.96. The van der Waals surface area contributed by atoms with Crippen molar-refractivity contribution in [3.63, 3.8) is 0 Å². The van der Waals surface area contributed by atoms with Gasteiger partial charge in [0.2, 0.25) is 0 Å². The van der Waals surface area contributed by atoms with Gasteiger partial charge >= 0.3 is 0 Å². The van der Waals surface area contributed by atoms with Gasteiger partial charge in [-0.3, -0.25) is 0 Å². The van der Waals surface area contributed by atoms with Crippen LogP contribution >= 0.6 is 0 Å². The van der Waals surface area contributed by atoms with Gasteiger partial charge in [-0.05, 0) is 24.1 Å². The van der Waals surface area contributed by atoms with Crippen LogP contribution in [0.2, 0.25) is 0 Å². The zero-order valence-electron chi connectivity index (χ0n) is 12.9. The van der Waals surface area contributed by atoms with Gasteiger partial charge < -0.3 is 15.0 Å². The van der Waals surface area contributed by atoms with Crippen LogP contribution in [0.25, 0.3) is 11.1 Å². The number of unbranched alkanes of at least 4 members (excludes halogenated alkanes) is 4. The summed E-state index contributed by atoms with van der Waals surface area (Å²) in [5, 5.41) is 3.92. The second kappa shape index (κ2) is 7.72. The van der Waals surface area contributed by atoms with Crippen LogP contribution in [0.5, 0.6) is 5.75 Å². The summed E-state index contributed by atoms with van der Waals surface area (Å²) in [6.07, 6.45) is 7.04. The number of nitrogen functional groups attached to an aromatic ring is 1. The van der Waals surface area contributed by atoms with Crippen LogP contribution in [-0.2, 0) is 6.42 Å².